The Labute approximate surface area is 97.3 Å². The molecule has 1 saturated heterocycles. The third kappa shape index (κ3) is 3.19. The van der Waals surface area contributed by atoms with Crippen molar-refractivity contribution in [2.75, 3.05) is 26.3 Å². The van der Waals surface area contributed by atoms with Gasteiger partial charge in [0, 0.05) is 25.6 Å². The van der Waals surface area contributed by atoms with E-state index in [-0.39, 0.29) is 5.91 Å². The molecule has 0 bridgehead atoms. The molecule has 16 heavy (non-hydrogen) atoms. The molecule has 4 heteroatoms. The van der Waals surface area contributed by atoms with Crippen LogP contribution in [0.1, 0.15) is 32.6 Å². The zero-order chi connectivity index (χ0) is 11.4. The highest BCUT2D eigenvalue weighted by Gasteiger charge is 2.26. The maximum atomic E-state index is 12.0. The van der Waals surface area contributed by atoms with Crippen LogP contribution in [0.5, 0.6) is 0 Å². The molecule has 0 spiro atoms. The molecule has 0 aromatic rings. The minimum absolute atomic E-state index is 0.281. The van der Waals surface area contributed by atoms with E-state index in [2.05, 4.69) is 12.2 Å². The molecule has 2 rings (SSSR count). The number of carbonyl (C=O) groups excluding carboxylic acids is 1. The highest BCUT2D eigenvalue weighted by Crippen LogP contribution is 2.18. The van der Waals surface area contributed by atoms with E-state index in [4.69, 9.17) is 4.74 Å². The Hall–Kier alpha value is -0.610. The van der Waals surface area contributed by atoms with Gasteiger partial charge in [-0.15, -0.1) is 0 Å². The van der Waals surface area contributed by atoms with Crippen LogP contribution in [0.4, 0.5) is 0 Å². The number of ether oxygens (including phenoxy) is 1. The summed E-state index contributed by atoms with van der Waals surface area (Å²) in [5.74, 6) is 0.281. The summed E-state index contributed by atoms with van der Waals surface area (Å²) in [6.07, 6.45) is 4.18. The largest absolute Gasteiger partial charge is 0.377 e. The maximum absolute atomic E-state index is 12.0. The molecule has 2 aliphatic rings. The topological polar surface area (TPSA) is 41.6 Å². The number of nitrogens with zero attached hydrogens (tertiary/aromatic N) is 1. The fourth-order valence-electron chi connectivity index (χ4n) is 2.14. The highest BCUT2D eigenvalue weighted by atomic mass is 16.5. The van der Waals surface area contributed by atoms with E-state index < -0.39 is 0 Å². The molecule has 1 amide bonds. The van der Waals surface area contributed by atoms with Gasteiger partial charge in [0.15, 0.2) is 0 Å². The molecule has 1 heterocycles. The zero-order valence-electron chi connectivity index (χ0n) is 10.1. The van der Waals surface area contributed by atoms with E-state index >= 15 is 0 Å². The lowest BCUT2D eigenvalue weighted by molar-refractivity contribution is -0.139. The highest BCUT2D eigenvalue weighted by molar-refractivity contribution is 5.76. The number of amides is 1. The molecular weight excluding hydrogens is 204 g/mol. The van der Waals surface area contributed by atoms with E-state index in [0.29, 0.717) is 31.7 Å². The van der Waals surface area contributed by atoms with E-state index in [9.17, 15) is 4.79 Å². The smallest absolute Gasteiger partial charge is 0.224 e. The van der Waals surface area contributed by atoms with Crippen molar-refractivity contribution in [3.8, 4) is 0 Å². The molecule has 0 radical (unpaired) electrons. The van der Waals surface area contributed by atoms with Crippen molar-refractivity contribution in [1.82, 2.24) is 10.2 Å². The predicted molar refractivity (Wildman–Crippen MR) is 62.3 cm³/mol. The Morgan fingerprint density at radius 2 is 2.31 bits per heavy atom. The lowest BCUT2D eigenvalue weighted by atomic mass is 10.1. The molecule has 4 nitrogen and oxygen atoms in total. The maximum Gasteiger partial charge on any atom is 0.224 e. The summed E-state index contributed by atoms with van der Waals surface area (Å²) in [5.41, 5.74) is 0. The van der Waals surface area contributed by atoms with Crippen molar-refractivity contribution in [2.24, 2.45) is 0 Å². The molecule has 1 aliphatic carbocycles. The number of hydrogen-bond acceptors (Lipinski definition) is 3. The van der Waals surface area contributed by atoms with Gasteiger partial charge in [0.05, 0.1) is 19.3 Å². The van der Waals surface area contributed by atoms with Gasteiger partial charge >= 0.3 is 0 Å². The fourth-order valence-corrected chi connectivity index (χ4v) is 2.14. The van der Waals surface area contributed by atoms with Crippen molar-refractivity contribution in [3.63, 3.8) is 0 Å². The lowest BCUT2D eigenvalue weighted by Crippen LogP contribution is -2.48. The van der Waals surface area contributed by atoms with Crippen molar-refractivity contribution in [1.29, 1.82) is 0 Å². The first kappa shape index (κ1) is 11.9. The van der Waals surface area contributed by atoms with Crippen LogP contribution in [0.15, 0.2) is 0 Å². The normalized spacial score (nSPS) is 25.8. The van der Waals surface area contributed by atoms with Gasteiger partial charge in [0.1, 0.15) is 0 Å². The summed E-state index contributed by atoms with van der Waals surface area (Å²) < 4.78 is 5.40. The van der Waals surface area contributed by atoms with Gasteiger partial charge in [0.2, 0.25) is 5.91 Å². The van der Waals surface area contributed by atoms with Gasteiger partial charge in [-0.25, -0.2) is 0 Å². The van der Waals surface area contributed by atoms with Gasteiger partial charge < -0.3 is 15.0 Å². The van der Waals surface area contributed by atoms with Gasteiger partial charge in [-0.2, -0.15) is 0 Å². The number of nitrogens with one attached hydrogen (secondary N) is 1. The predicted octanol–water partition coefficient (Wildman–Crippen LogP) is 0.766. The number of carbonyl (C=O) groups is 1. The van der Waals surface area contributed by atoms with Gasteiger partial charge in [-0.3, -0.25) is 4.79 Å². The average molecular weight is 226 g/mol. The van der Waals surface area contributed by atoms with Crippen LogP contribution >= 0.6 is 0 Å². The molecule has 1 saturated carbocycles. The Morgan fingerprint density at radius 3 is 3.00 bits per heavy atom. The molecule has 0 aromatic heterocycles. The van der Waals surface area contributed by atoms with E-state index in [1.54, 1.807) is 0 Å². The minimum Gasteiger partial charge on any atom is -0.377 e. The van der Waals surface area contributed by atoms with Crippen LogP contribution in [-0.2, 0) is 9.53 Å². The molecular formula is C12H22N2O2. The van der Waals surface area contributed by atoms with E-state index in [0.717, 1.165) is 19.5 Å². The van der Waals surface area contributed by atoms with Crippen LogP contribution < -0.4 is 5.32 Å². The summed E-state index contributed by atoms with van der Waals surface area (Å²) in [6, 6.07) is 0.988. The van der Waals surface area contributed by atoms with E-state index in [1.807, 2.05) is 4.90 Å². The van der Waals surface area contributed by atoms with Crippen molar-refractivity contribution >= 4 is 5.91 Å². The first-order chi connectivity index (χ1) is 7.81. The van der Waals surface area contributed by atoms with Crippen LogP contribution in [0, 0.1) is 0 Å². The first-order valence-electron chi connectivity index (χ1n) is 6.42. The van der Waals surface area contributed by atoms with Crippen molar-refractivity contribution in [2.45, 2.75) is 44.7 Å². The van der Waals surface area contributed by atoms with Gasteiger partial charge in [-0.1, -0.05) is 6.92 Å². The van der Waals surface area contributed by atoms with Crippen LogP contribution in [0.25, 0.3) is 0 Å². The average Bonchev–Trinajstić information content (AvgIpc) is 3.13. The summed E-state index contributed by atoms with van der Waals surface area (Å²) in [4.78, 5) is 14.0. The lowest BCUT2D eigenvalue weighted by Gasteiger charge is -2.35. The summed E-state index contributed by atoms with van der Waals surface area (Å²) >= 11 is 0. The fraction of sp³-hybridized carbons (Fsp3) is 0.917. The number of rotatable bonds is 5. The molecule has 1 N–H and O–H groups in total. The number of morpholine rings is 1. The molecule has 1 unspecified atom stereocenters. The van der Waals surface area contributed by atoms with Crippen molar-refractivity contribution < 1.29 is 9.53 Å². The van der Waals surface area contributed by atoms with E-state index in [1.165, 1.54) is 12.8 Å². The Morgan fingerprint density at radius 1 is 1.50 bits per heavy atom. The quantitative estimate of drug-likeness (QED) is 0.752. The molecule has 0 aromatic carbocycles. The number of hydrogen-bond donors (Lipinski definition) is 1. The Bertz CT molecular complexity index is 241. The second-order valence-corrected chi connectivity index (χ2v) is 4.70. The van der Waals surface area contributed by atoms with Crippen molar-refractivity contribution in [3.05, 3.63) is 0 Å². The van der Waals surface area contributed by atoms with Crippen LogP contribution in [-0.4, -0.2) is 49.2 Å². The molecule has 1 aliphatic heterocycles. The summed E-state index contributed by atoms with van der Waals surface area (Å²) in [7, 11) is 0. The minimum atomic E-state index is 0.281. The molecule has 2 fully saturated rings. The summed E-state index contributed by atoms with van der Waals surface area (Å²) in [5, 5.41) is 3.38. The van der Waals surface area contributed by atoms with Gasteiger partial charge in [0.25, 0.3) is 0 Å². The SMILES string of the molecule is CCC1COCCN1C(=O)CCNC1CC1. The van der Waals surface area contributed by atoms with Crippen LogP contribution in [0.3, 0.4) is 0 Å². The standard InChI is InChI=1S/C12H22N2O2/c1-2-11-9-16-8-7-14(11)12(15)5-6-13-10-3-4-10/h10-11,13H,2-9H2,1H3. The third-order valence-corrected chi connectivity index (χ3v) is 3.37. The molecule has 1 atom stereocenters. The first-order valence-corrected chi connectivity index (χ1v) is 6.42. The second-order valence-electron chi connectivity index (χ2n) is 4.70. The van der Waals surface area contributed by atoms with Gasteiger partial charge in [-0.05, 0) is 19.3 Å². The second kappa shape index (κ2) is 5.64. The van der Waals surface area contributed by atoms with Crippen LogP contribution in [0.2, 0.25) is 0 Å². The Kier molecular flexibility index (Phi) is 4.18. The molecule has 92 valence electrons. The zero-order valence-corrected chi connectivity index (χ0v) is 10.1. The monoisotopic (exact) mass is 226 g/mol. The summed E-state index contributed by atoms with van der Waals surface area (Å²) in [6.45, 7) is 5.11. The Balaban J connectivity index is 1.72. The third-order valence-electron chi connectivity index (χ3n) is 3.37.